The van der Waals surface area contributed by atoms with Gasteiger partial charge < -0.3 is 10.4 Å². The van der Waals surface area contributed by atoms with E-state index >= 15 is 0 Å². The predicted molar refractivity (Wildman–Crippen MR) is 90.2 cm³/mol. The second-order valence-corrected chi connectivity index (χ2v) is 6.84. The Morgan fingerprint density at radius 3 is 2.54 bits per heavy atom. The number of rotatable bonds is 7. The van der Waals surface area contributed by atoms with E-state index in [4.69, 9.17) is 5.11 Å². The summed E-state index contributed by atoms with van der Waals surface area (Å²) in [6.07, 6.45) is 0.396. The van der Waals surface area contributed by atoms with Gasteiger partial charge in [0.25, 0.3) is 0 Å². The molecule has 128 valence electrons. The zero-order valence-corrected chi connectivity index (χ0v) is 14.3. The van der Waals surface area contributed by atoms with E-state index in [1.807, 2.05) is 13.8 Å². The highest BCUT2D eigenvalue weighted by molar-refractivity contribution is 7.10. The van der Waals surface area contributed by atoms with Crippen molar-refractivity contribution < 1.29 is 19.1 Å². The van der Waals surface area contributed by atoms with Gasteiger partial charge in [-0.2, -0.15) is 0 Å². The first kappa shape index (κ1) is 18.1. The van der Waals surface area contributed by atoms with Crippen LogP contribution in [-0.2, 0) is 16.0 Å². The van der Waals surface area contributed by atoms with Crippen molar-refractivity contribution in [2.75, 3.05) is 0 Å². The Kier molecular flexibility index (Phi) is 6.03. The summed E-state index contributed by atoms with van der Waals surface area (Å²) in [5, 5.41) is 14.1. The Morgan fingerprint density at radius 1 is 1.29 bits per heavy atom. The molecule has 0 saturated heterocycles. The van der Waals surface area contributed by atoms with Crippen molar-refractivity contribution in [1.29, 1.82) is 0 Å². The molecule has 1 unspecified atom stereocenters. The number of hydrogen-bond acceptors (Lipinski definition) is 4. The van der Waals surface area contributed by atoms with Crippen LogP contribution in [0.15, 0.2) is 29.6 Å². The average molecular weight is 350 g/mol. The predicted octanol–water partition coefficient (Wildman–Crippen LogP) is 3.11. The molecule has 24 heavy (non-hydrogen) atoms. The third-order valence-corrected chi connectivity index (χ3v) is 4.19. The molecule has 5 nitrogen and oxygen atoms in total. The lowest BCUT2D eigenvalue weighted by molar-refractivity contribution is -0.142. The number of benzene rings is 1. The summed E-state index contributed by atoms with van der Waals surface area (Å²) < 4.78 is 12.9. The van der Waals surface area contributed by atoms with Gasteiger partial charge in [-0.25, -0.2) is 14.2 Å². The molecule has 0 radical (unpaired) electrons. The van der Waals surface area contributed by atoms with Crippen LogP contribution in [0.25, 0.3) is 11.3 Å². The van der Waals surface area contributed by atoms with Gasteiger partial charge in [-0.1, -0.05) is 13.8 Å². The number of carboxylic acids is 1. The minimum absolute atomic E-state index is 0.0216. The van der Waals surface area contributed by atoms with Gasteiger partial charge in [0.2, 0.25) is 5.91 Å². The lowest BCUT2D eigenvalue weighted by Gasteiger charge is -2.15. The lowest BCUT2D eigenvalue weighted by Crippen LogP contribution is -2.42. The Labute approximate surface area is 143 Å². The standard InChI is InChI=1S/C17H19FN2O3S/c1-10(2)7-13(17(22)23)19-15(21)8-16-20-14(9-24-16)11-3-5-12(18)6-4-11/h3-6,9-10,13H,7-8H2,1-2H3,(H,19,21)(H,22,23). The van der Waals surface area contributed by atoms with Crippen LogP contribution in [0.5, 0.6) is 0 Å². The van der Waals surface area contributed by atoms with Crippen LogP contribution in [0.1, 0.15) is 25.3 Å². The number of carbonyl (C=O) groups excluding carboxylic acids is 1. The Balaban J connectivity index is 1.99. The lowest BCUT2D eigenvalue weighted by atomic mass is 10.0. The highest BCUT2D eigenvalue weighted by atomic mass is 32.1. The van der Waals surface area contributed by atoms with E-state index in [-0.39, 0.29) is 24.1 Å². The molecule has 2 rings (SSSR count). The summed E-state index contributed by atoms with van der Waals surface area (Å²) in [7, 11) is 0. The Hall–Kier alpha value is -2.28. The summed E-state index contributed by atoms with van der Waals surface area (Å²) in [5.41, 5.74) is 1.43. The van der Waals surface area contributed by atoms with Crippen molar-refractivity contribution in [2.45, 2.75) is 32.7 Å². The van der Waals surface area contributed by atoms with Crippen molar-refractivity contribution >= 4 is 23.2 Å². The molecule has 0 fully saturated rings. The van der Waals surface area contributed by atoms with Crippen molar-refractivity contribution in [3.63, 3.8) is 0 Å². The van der Waals surface area contributed by atoms with Crippen LogP contribution in [0.2, 0.25) is 0 Å². The monoisotopic (exact) mass is 350 g/mol. The number of halogens is 1. The molecule has 1 amide bonds. The molecule has 0 aliphatic heterocycles. The normalized spacial score (nSPS) is 12.2. The van der Waals surface area contributed by atoms with Gasteiger partial charge in [0.05, 0.1) is 12.1 Å². The van der Waals surface area contributed by atoms with E-state index in [0.29, 0.717) is 17.1 Å². The maximum atomic E-state index is 12.9. The molecule has 0 spiro atoms. The van der Waals surface area contributed by atoms with Gasteiger partial charge in [-0.15, -0.1) is 11.3 Å². The molecule has 2 aromatic rings. The van der Waals surface area contributed by atoms with Crippen molar-refractivity contribution in [2.24, 2.45) is 5.92 Å². The summed E-state index contributed by atoms with van der Waals surface area (Å²) >= 11 is 1.31. The summed E-state index contributed by atoms with van der Waals surface area (Å²) in [4.78, 5) is 27.6. The summed E-state index contributed by atoms with van der Waals surface area (Å²) in [6.45, 7) is 3.80. The van der Waals surface area contributed by atoms with E-state index in [1.165, 1.54) is 23.5 Å². The van der Waals surface area contributed by atoms with Gasteiger partial charge in [0.1, 0.15) is 16.9 Å². The van der Waals surface area contributed by atoms with E-state index < -0.39 is 12.0 Å². The maximum Gasteiger partial charge on any atom is 0.326 e. The number of thiazole rings is 1. The third kappa shape index (κ3) is 5.13. The number of nitrogens with one attached hydrogen (secondary N) is 1. The number of carbonyl (C=O) groups is 2. The molecule has 1 aromatic heterocycles. The smallest absolute Gasteiger partial charge is 0.326 e. The van der Waals surface area contributed by atoms with Gasteiger partial charge >= 0.3 is 5.97 Å². The molecular weight excluding hydrogens is 331 g/mol. The first-order valence-electron chi connectivity index (χ1n) is 7.57. The zero-order valence-electron chi connectivity index (χ0n) is 13.5. The number of amides is 1. The molecule has 0 saturated carbocycles. The minimum atomic E-state index is -1.04. The SMILES string of the molecule is CC(C)CC(NC(=O)Cc1nc(-c2ccc(F)cc2)cs1)C(=O)O. The van der Waals surface area contributed by atoms with Crippen molar-refractivity contribution in [3.8, 4) is 11.3 Å². The maximum absolute atomic E-state index is 12.9. The van der Waals surface area contributed by atoms with Gasteiger partial charge in [0, 0.05) is 10.9 Å². The van der Waals surface area contributed by atoms with Crippen molar-refractivity contribution in [3.05, 3.63) is 40.5 Å². The van der Waals surface area contributed by atoms with E-state index in [2.05, 4.69) is 10.3 Å². The fourth-order valence-corrected chi connectivity index (χ4v) is 3.02. The molecular formula is C17H19FN2O3S. The quantitative estimate of drug-likeness (QED) is 0.804. The number of aromatic nitrogens is 1. The summed E-state index contributed by atoms with van der Waals surface area (Å²) in [6, 6.07) is 5.05. The fourth-order valence-electron chi connectivity index (χ4n) is 2.22. The molecule has 0 aliphatic carbocycles. The number of aliphatic carboxylic acids is 1. The van der Waals surface area contributed by atoms with Crippen LogP contribution < -0.4 is 5.32 Å². The minimum Gasteiger partial charge on any atom is -0.480 e. The topological polar surface area (TPSA) is 79.3 Å². The molecule has 7 heteroatoms. The zero-order chi connectivity index (χ0) is 17.7. The van der Waals surface area contributed by atoms with E-state index in [1.54, 1.807) is 17.5 Å². The Bertz CT molecular complexity index is 713. The van der Waals surface area contributed by atoms with Gasteiger partial charge in [-0.05, 0) is 36.6 Å². The average Bonchev–Trinajstić information content (AvgIpc) is 2.95. The third-order valence-electron chi connectivity index (χ3n) is 3.34. The van der Waals surface area contributed by atoms with Crippen LogP contribution in [-0.4, -0.2) is 28.0 Å². The van der Waals surface area contributed by atoms with Crippen molar-refractivity contribution in [1.82, 2.24) is 10.3 Å². The number of nitrogens with zero attached hydrogens (tertiary/aromatic N) is 1. The van der Waals surface area contributed by atoms with Gasteiger partial charge in [-0.3, -0.25) is 4.79 Å². The largest absolute Gasteiger partial charge is 0.480 e. The Morgan fingerprint density at radius 2 is 1.96 bits per heavy atom. The summed E-state index contributed by atoms with van der Waals surface area (Å²) in [5.74, 6) is -1.57. The molecule has 1 heterocycles. The van der Waals surface area contributed by atoms with E-state index in [0.717, 1.165) is 5.56 Å². The first-order valence-corrected chi connectivity index (χ1v) is 8.45. The molecule has 2 N–H and O–H groups in total. The van der Waals surface area contributed by atoms with Crippen LogP contribution in [0.4, 0.5) is 4.39 Å². The number of carboxylic acid groups (broad SMARTS) is 1. The van der Waals surface area contributed by atoms with Gasteiger partial charge in [0.15, 0.2) is 0 Å². The highest BCUT2D eigenvalue weighted by Crippen LogP contribution is 2.22. The van der Waals surface area contributed by atoms with Crippen LogP contribution >= 0.6 is 11.3 Å². The molecule has 0 aliphatic rings. The molecule has 1 aromatic carbocycles. The second-order valence-electron chi connectivity index (χ2n) is 5.90. The first-order chi connectivity index (χ1) is 11.3. The number of hydrogen-bond donors (Lipinski definition) is 2. The van der Waals surface area contributed by atoms with Crippen LogP contribution in [0.3, 0.4) is 0 Å². The van der Waals surface area contributed by atoms with E-state index in [9.17, 15) is 14.0 Å². The van der Waals surface area contributed by atoms with Crippen LogP contribution in [0, 0.1) is 11.7 Å². The fraction of sp³-hybridized carbons (Fsp3) is 0.353. The molecule has 0 bridgehead atoms. The second kappa shape index (κ2) is 8.01. The molecule has 1 atom stereocenters. The highest BCUT2D eigenvalue weighted by Gasteiger charge is 2.21.